The van der Waals surface area contributed by atoms with Crippen LogP contribution in [0.4, 0.5) is 0 Å². The molecule has 0 radical (unpaired) electrons. The summed E-state index contributed by atoms with van der Waals surface area (Å²) < 4.78 is 2.29. The van der Waals surface area contributed by atoms with Crippen molar-refractivity contribution in [2.24, 2.45) is 5.41 Å². The van der Waals surface area contributed by atoms with Crippen LogP contribution >= 0.6 is 0 Å². The first-order chi connectivity index (χ1) is 8.21. The molecule has 2 aliphatic rings. The molecule has 0 aromatic carbocycles. The third-order valence-corrected chi connectivity index (χ3v) is 5.08. The molecule has 17 heavy (non-hydrogen) atoms. The van der Waals surface area contributed by atoms with Crippen molar-refractivity contribution >= 4 is 0 Å². The molecule has 3 rings (SSSR count). The van der Waals surface area contributed by atoms with Crippen molar-refractivity contribution in [1.29, 1.82) is 0 Å². The normalized spacial score (nSPS) is 26.8. The number of nitrogens with one attached hydrogen (secondary N) is 1. The summed E-state index contributed by atoms with van der Waals surface area (Å²) in [6.07, 6.45) is 10.1. The Kier molecular flexibility index (Phi) is 2.68. The summed E-state index contributed by atoms with van der Waals surface area (Å²) in [7, 11) is 0. The van der Waals surface area contributed by atoms with Crippen LogP contribution in [0.3, 0.4) is 0 Å². The van der Waals surface area contributed by atoms with Crippen LogP contribution in [0.15, 0.2) is 12.1 Å². The highest BCUT2D eigenvalue weighted by molar-refractivity contribution is 5.18. The van der Waals surface area contributed by atoms with Gasteiger partial charge < -0.3 is 5.43 Å². The van der Waals surface area contributed by atoms with E-state index in [-0.39, 0.29) is 0 Å². The zero-order valence-electron chi connectivity index (χ0n) is 11.1. The van der Waals surface area contributed by atoms with Crippen molar-refractivity contribution in [3.05, 3.63) is 23.5 Å². The molecule has 1 aromatic rings. The lowest BCUT2D eigenvalue weighted by Gasteiger charge is -2.52. The predicted molar refractivity (Wildman–Crippen MR) is 71.8 cm³/mol. The zero-order chi connectivity index (χ0) is 11.9. The maximum atomic E-state index is 3.77. The second-order valence-corrected chi connectivity index (χ2v) is 6.09. The quantitative estimate of drug-likeness (QED) is 0.821. The largest absolute Gasteiger partial charge is 0.322 e. The molecule has 1 heterocycles. The van der Waals surface area contributed by atoms with Gasteiger partial charge in [-0.2, -0.15) is 0 Å². The standard InChI is InChI=1S/C15H24N2/c1-12-6-7-13(2)17(12)16-14-8-11-15(14)9-4-3-5-10-15/h6-7,14,16H,3-5,8-11H2,1-2H3. The summed E-state index contributed by atoms with van der Waals surface area (Å²) in [5, 5.41) is 0. The van der Waals surface area contributed by atoms with E-state index in [4.69, 9.17) is 0 Å². The first-order valence-corrected chi connectivity index (χ1v) is 7.13. The lowest BCUT2D eigenvalue weighted by atomic mass is 9.57. The highest BCUT2D eigenvalue weighted by atomic mass is 15.4. The average molecular weight is 232 g/mol. The molecule has 1 unspecified atom stereocenters. The summed E-state index contributed by atoms with van der Waals surface area (Å²) in [5.74, 6) is 0. The van der Waals surface area contributed by atoms with Crippen LogP contribution in [0.5, 0.6) is 0 Å². The van der Waals surface area contributed by atoms with Crippen molar-refractivity contribution < 1.29 is 0 Å². The molecule has 0 saturated heterocycles. The molecule has 2 heteroatoms. The minimum absolute atomic E-state index is 0.640. The van der Waals surface area contributed by atoms with Gasteiger partial charge >= 0.3 is 0 Å². The fourth-order valence-corrected chi connectivity index (χ4v) is 3.78. The lowest BCUT2D eigenvalue weighted by molar-refractivity contribution is 0.0499. The van der Waals surface area contributed by atoms with Gasteiger partial charge in [0.15, 0.2) is 0 Å². The van der Waals surface area contributed by atoms with Gasteiger partial charge in [-0.15, -0.1) is 0 Å². The van der Waals surface area contributed by atoms with Gasteiger partial charge in [0.1, 0.15) is 0 Å². The van der Waals surface area contributed by atoms with Crippen molar-refractivity contribution in [2.75, 3.05) is 5.43 Å². The molecule has 2 nitrogen and oxygen atoms in total. The van der Waals surface area contributed by atoms with Gasteiger partial charge in [0.25, 0.3) is 0 Å². The molecule has 1 N–H and O–H groups in total. The van der Waals surface area contributed by atoms with E-state index < -0.39 is 0 Å². The van der Waals surface area contributed by atoms with E-state index in [0.717, 1.165) is 0 Å². The highest BCUT2D eigenvalue weighted by Crippen LogP contribution is 2.52. The minimum atomic E-state index is 0.640. The van der Waals surface area contributed by atoms with Gasteiger partial charge in [-0.3, -0.25) is 4.68 Å². The number of hydrogen-bond acceptors (Lipinski definition) is 1. The van der Waals surface area contributed by atoms with Crippen LogP contribution < -0.4 is 5.43 Å². The van der Waals surface area contributed by atoms with Crippen molar-refractivity contribution in [3.8, 4) is 0 Å². The molecule has 0 amide bonds. The van der Waals surface area contributed by atoms with E-state index in [1.54, 1.807) is 0 Å². The van der Waals surface area contributed by atoms with E-state index in [1.165, 1.54) is 56.3 Å². The Morgan fingerprint density at radius 3 is 2.24 bits per heavy atom. The third-order valence-electron chi connectivity index (χ3n) is 5.08. The zero-order valence-corrected chi connectivity index (χ0v) is 11.1. The van der Waals surface area contributed by atoms with E-state index in [0.29, 0.717) is 11.5 Å². The Morgan fingerprint density at radius 1 is 1.06 bits per heavy atom. The van der Waals surface area contributed by atoms with Gasteiger partial charge in [-0.25, -0.2) is 0 Å². The van der Waals surface area contributed by atoms with Crippen molar-refractivity contribution in [2.45, 2.75) is 64.8 Å². The van der Waals surface area contributed by atoms with Gasteiger partial charge in [0.05, 0.1) is 0 Å². The van der Waals surface area contributed by atoms with Crippen LogP contribution in [0.25, 0.3) is 0 Å². The number of rotatable bonds is 2. The molecule has 0 bridgehead atoms. The van der Waals surface area contributed by atoms with Gasteiger partial charge in [0, 0.05) is 17.4 Å². The maximum Gasteiger partial charge on any atom is 0.0481 e. The first-order valence-electron chi connectivity index (χ1n) is 7.13. The summed E-state index contributed by atoms with van der Waals surface area (Å²) in [6.45, 7) is 4.37. The number of hydrogen-bond donors (Lipinski definition) is 1. The van der Waals surface area contributed by atoms with Crippen molar-refractivity contribution in [3.63, 3.8) is 0 Å². The van der Waals surface area contributed by atoms with E-state index >= 15 is 0 Å². The second-order valence-electron chi connectivity index (χ2n) is 6.09. The van der Waals surface area contributed by atoms with Crippen LogP contribution in [0, 0.1) is 19.3 Å². The summed E-state index contributed by atoms with van der Waals surface area (Å²) in [6, 6.07) is 5.12. The third kappa shape index (κ3) is 1.78. The first kappa shape index (κ1) is 11.2. The Bertz CT molecular complexity index is 380. The Labute approximate surface area is 104 Å². The van der Waals surface area contributed by atoms with Gasteiger partial charge in [0.2, 0.25) is 0 Å². The molecular weight excluding hydrogens is 208 g/mol. The molecule has 1 spiro atoms. The van der Waals surface area contributed by atoms with Crippen molar-refractivity contribution in [1.82, 2.24) is 4.68 Å². The fourth-order valence-electron chi connectivity index (χ4n) is 3.78. The number of aromatic nitrogens is 1. The molecule has 1 aromatic heterocycles. The second kappa shape index (κ2) is 4.08. The molecule has 94 valence electrons. The van der Waals surface area contributed by atoms with Crippen LogP contribution in [0.2, 0.25) is 0 Å². The topological polar surface area (TPSA) is 17.0 Å². The maximum absolute atomic E-state index is 3.77. The predicted octanol–water partition coefficient (Wildman–Crippen LogP) is 3.76. The molecule has 2 aliphatic carbocycles. The SMILES string of the molecule is Cc1ccc(C)n1NC1CCC12CCCCC2. The highest BCUT2D eigenvalue weighted by Gasteiger charge is 2.47. The summed E-state index contributed by atoms with van der Waals surface area (Å²) in [5.41, 5.74) is 7.08. The van der Waals surface area contributed by atoms with Crippen LogP contribution in [-0.4, -0.2) is 10.7 Å². The molecule has 0 aliphatic heterocycles. The molecule has 2 fully saturated rings. The smallest absolute Gasteiger partial charge is 0.0481 e. The van der Waals surface area contributed by atoms with Gasteiger partial charge in [-0.1, -0.05) is 19.3 Å². The van der Waals surface area contributed by atoms with Gasteiger partial charge in [-0.05, 0) is 57.1 Å². The fraction of sp³-hybridized carbons (Fsp3) is 0.733. The Morgan fingerprint density at radius 2 is 1.71 bits per heavy atom. The Balaban J connectivity index is 1.74. The molecular formula is C15H24N2. The van der Waals surface area contributed by atoms with Crippen LogP contribution in [-0.2, 0) is 0 Å². The van der Waals surface area contributed by atoms with E-state index in [9.17, 15) is 0 Å². The average Bonchev–Trinajstić information content (AvgIpc) is 2.66. The summed E-state index contributed by atoms with van der Waals surface area (Å²) >= 11 is 0. The van der Waals surface area contributed by atoms with Crippen LogP contribution in [0.1, 0.15) is 56.3 Å². The monoisotopic (exact) mass is 232 g/mol. The number of nitrogens with zero attached hydrogens (tertiary/aromatic N) is 1. The van der Waals surface area contributed by atoms with E-state index in [1.807, 2.05) is 0 Å². The Hall–Kier alpha value is -0.920. The lowest BCUT2D eigenvalue weighted by Crippen LogP contribution is -2.53. The minimum Gasteiger partial charge on any atom is -0.322 e. The summed E-state index contributed by atoms with van der Waals surface area (Å²) in [4.78, 5) is 0. The van der Waals surface area contributed by atoms with E-state index in [2.05, 4.69) is 36.1 Å². The molecule has 1 atom stereocenters. The number of aryl methyl sites for hydroxylation is 2. The molecule has 2 saturated carbocycles.